The van der Waals surface area contributed by atoms with Crippen molar-refractivity contribution >= 4 is 17.9 Å². The van der Waals surface area contributed by atoms with E-state index < -0.39 is 60.5 Å². The monoisotopic (exact) mass is 604 g/mol. The molecule has 12 nitrogen and oxygen atoms in total. The lowest BCUT2D eigenvalue weighted by Gasteiger charge is -2.25. The third-order valence-corrected chi connectivity index (χ3v) is 6.82. The molecule has 1 aliphatic heterocycles. The second kappa shape index (κ2) is 13.9. The van der Waals surface area contributed by atoms with Crippen molar-refractivity contribution in [2.45, 2.75) is 30.5 Å². The summed E-state index contributed by atoms with van der Waals surface area (Å²) in [6.45, 7) is -0.468. The molecule has 1 fully saturated rings. The highest BCUT2D eigenvalue weighted by molar-refractivity contribution is 5.91. The Morgan fingerprint density at radius 1 is 0.733 bits per heavy atom. The van der Waals surface area contributed by atoms with Crippen LogP contribution in [0, 0.1) is 22.7 Å². The first-order valence-corrected chi connectivity index (χ1v) is 13.7. The van der Waals surface area contributed by atoms with Gasteiger partial charge in [0.15, 0.2) is 24.4 Å². The Bertz CT molecular complexity index is 1800. The van der Waals surface area contributed by atoms with Crippen molar-refractivity contribution in [3.63, 3.8) is 0 Å². The van der Waals surface area contributed by atoms with Crippen molar-refractivity contribution in [2.24, 2.45) is 0 Å². The van der Waals surface area contributed by atoms with Gasteiger partial charge in [-0.15, -0.1) is 0 Å². The fraction of sp³-hybridized carbons (Fsp3) is 0.182. The van der Waals surface area contributed by atoms with Crippen LogP contribution in [-0.4, -0.2) is 52.6 Å². The van der Waals surface area contributed by atoms with Crippen LogP contribution < -0.4 is 5.56 Å². The zero-order valence-corrected chi connectivity index (χ0v) is 23.5. The Labute approximate surface area is 256 Å². The number of ether oxygens (including phenoxy) is 4. The number of carbonyl (C=O) groups excluding carboxylic acids is 3. The van der Waals surface area contributed by atoms with Gasteiger partial charge < -0.3 is 18.9 Å². The zero-order chi connectivity index (χ0) is 31.8. The number of benzene rings is 3. The summed E-state index contributed by atoms with van der Waals surface area (Å²) in [6.07, 6.45) is -5.66. The summed E-state index contributed by atoms with van der Waals surface area (Å²) in [5.41, 5.74) is -0.201. The minimum atomic E-state index is -1.52. The largest absolute Gasteiger partial charge is 0.459 e. The van der Waals surface area contributed by atoms with Crippen LogP contribution >= 0.6 is 0 Å². The van der Waals surface area contributed by atoms with Gasteiger partial charge in [0.25, 0.3) is 5.56 Å². The van der Waals surface area contributed by atoms with E-state index in [1.807, 2.05) is 0 Å². The van der Waals surface area contributed by atoms with E-state index in [-0.39, 0.29) is 22.4 Å². The molecule has 5 rings (SSSR count). The fourth-order valence-electron chi connectivity index (χ4n) is 4.59. The normalized spacial score (nSPS) is 18.7. The van der Waals surface area contributed by atoms with Gasteiger partial charge in [-0.3, -0.25) is 4.79 Å². The summed E-state index contributed by atoms with van der Waals surface area (Å²) in [7, 11) is 0. The number of hydrogen-bond donors (Lipinski definition) is 0. The van der Waals surface area contributed by atoms with Gasteiger partial charge in [-0.05, 0) is 42.5 Å². The molecule has 4 aromatic rings. The van der Waals surface area contributed by atoms with E-state index in [0.717, 1.165) is 10.7 Å². The molecule has 12 heteroatoms. The van der Waals surface area contributed by atoms with Crippen molar-refractivity contribution in [1.82, 2.24) is 9.78 Å². The number of nitriles is 2. The van der Waals surface area contributed by atoms with Crippen LogP contribution in [0.25, 0.3) is 0 Å². The van der Waals surface area contributed by atoms with E-state index in [1.165, 1.54) is 30.3 Å². The number of rotatable bonds is 9. The molecular weight excluding hydrogens is 580 g/mol. The maximum absolute atomic E-state index is 13.3. The average Bonchev–Trinajstić information content (AvgIpc) is 3.41. The highest BCUT2D eigenvalue weighted by atomic mass is 16.7. The van der Waals surface area contributed by atoms with Gasteiger partial charge >= 0.3 is 17.9 Å². The first-order chi connectivity index (χ1) is 21.9. The quantitative estimate of drug-likeness (QED) is 0.202. The minimum absolute atomic E-state index is 0.0619. The van der Waals surface area contributed by atoms with Crippen LogP contribution in [0.1, 0.15) is 48.9 Å². The lowest BCUT2D eigenvalue weighted by Crippen LogP contribution is -2.42. The van der Waals surface area contributed by atoms with Crippen LogP contribution in [0.15, 0.2) is 108 Å². The van der Waals surface area contributed by atoms with E-state index in [2.05, 4.69) is 5.10 Å². The number of carbonyl (C=O) groups is 3. The molecule has 1 aromatic heterocycles. The summed E-state index contributed by atoms with van der Waals surface area (Å²) in [4.78, 5) is 52.4. The maximum atomic E-state index is 13.3. The molecule has 2 heterocycles. The third-order valence-electron chi connectivity index (χ3n) is 6.82. The topological polar surface area (TPSA) is 171 Å². The number of esters is 3. The van der Waals surface area contributed by atoms with E-state index in [0.29, 0.717) is 0 Å². The highest BCUT2D eigenvalue weighted by Crippen LogP contribution is 2.34. The molecule has 1 saturated heterocycles. The predicted molar refractivity (Wildman–Crippen MR) is 154 cm³/mol. The van der Waals surface area contributed by atoms with Gasteiger partial charge in [0, 0.05) is 6.07 Å². The van der Waals surface area contributed by atoms with Crippen molar-refractivity contribution in [3.8, 4) is 12.1 Å². The molecule has 0 bridgehead atoms. The first kappa shape index (κ1) is 30.4. The molecule has 0 amide bonds. The van der Waals surface area contributed by atoms with Crippen LogP contribution in [0.5, 0.6) is 0 Å². The Balaban J connectivity index is 1.55. The highest BCUT2D eigenvalue weighted by Gasteiger charge is 2.52. The lowest BCUT2D eigenvalue weighted by atomic mass is 10.1. The standard InChI is InChI=1S/C33H24N4O8/c34-18-24(19-35)25-16-17-27(38)37(36-25)30-29(45-33(41)23-14-8-3-9-15-23)28(44-32(40)22-12-6-2-7-13-22)26(43-30)20-42-31(39)21-10-4-1-5-11-21/h1-17,24,26,28-30H,20H2/t26-,28-,29-,30-/m1/s1. The van der Waals surface area contributed by atoms with Gasteiger partial charge in [0.1, 0.15) is 12.7 Å². The van der Waals surface area contributed by atoms with Crippen LogP contribution in [-0.2, 0) is 18.9 Å². The smallest absolute Gasteiger partial charge is 0.338 e. The number of hydrogen-bond acceptors (Lipinski definition) is 11. The Hall–Kier alpha value is -6.11. The summed E-state index contributed by atoms with van der Waals surface area (Å²) in [5, 5.41) is 23.0. The molecule has 0 aliphatic carbocycles. The second-order valence-electron chi connectivity index (χ2n) is 9.73. The van der Waals surface area contributed by atoms with Crippen molar-refractivity contribution < 1.29 is 33.3 Å². The zero-order valence-electron chi connectivity index (χ0n) is 23.5. The van der Waals surface area contributed by atoms with Crippen LogP contribution in [0.3, 0.4) is 0 Å². The van der Waals surface area contributed by atoms with E-state index in [1.54, 1.807) is 78.9 Å². The minimum Gasteiger partial charge on any atom is -0.459 e. The van der Waals surface area contributed by atoms with Crippen molar-refractivity contribution in [1.29, 1.82) is 10.5 Å². The lowest BCUT2D eigenvalue weighted by molar-refractivity contribution is -0.0694. The van der Waals surface area contributed by atoms with E-state index in [4.69, 9.17) is 18.9 Å². The molecule has 45 heavy (non-hydrogen) atoms. The van der Waals surface area contributed by atoms with Crippen molar-refractivity contribution in [2.75, 3.05) is 6.61 Å². The molecule has 0 radical (unpaired) electrons. The average molecular weight is 605 g/mol. The molecular formula is C33H24N4O8. The molecule has 1 aliphatic rings. The molecule has 4 atom stereocenters. The first-order valence-electron chi connectivity index (χ1n) is 13.7. The van der Waals surface area contributed by atoms with Crippen LogP contribution in [0.2, 0.25) is 0 Å². The molecule has 0 unspecified atom stereocenters. The fourth-order valence-corrected chi connectivity index (χ4v) is 4.59. The third kappa shape index (κ3) is 6.94. The van der Waals surface area contributed by atoms with E-state index >= 15 is 0 Å². The predicted octanol–water partition coefficient (Wildman–Crippen LogP) is 3.58. The van der Waals surface area contributed by atoms with Crippen LogP contribution in [0.4, 0.5) is 0 Å². The molecule has 0 N–H and O–H groups in total. The van der Waals surface area contributed by atoms with E-state index in [9.17, 15) is 29.7 Å². The SMILES string of the molecule is N#CC(C#N)c1ccc(=O)n([C@@H]2O[C@H](COC(=O)c3ccccc3)[C@@H](OC(=O)c3ccccc3)[C@H]2OC(=O)c2ccccc2)n1. The summed E-state index contributed by atoms with van der Waals surface area (Å²) < 4.78 is 24.1. The Kier molecular flexibility index (Phi) is 9.38. The molecule has 3 aromatic carbocycles. The molecule has 224 valence electrons. The van der Waals surface area contributed by atoms with Gasteiger partial charge in [-0.1, -0.05) is 54.6 Å². The Morgan fingerprint density at radius 3 is 1.73 bits per heavy atom. The van der Waals surface area contributed by atoms with Gasteiger partial charge in [0.05, 0.1) is 34.5 Å². The molecule has 0 spiro atoms. The van der Waals surface area contributed by atoms with Gasteiger partial charge in [-0.2, -0.15) is 20.3 Å². The van der Waals surface area contributed by atoms with Crippen molar-refractivity contribution in [3.05, 3.63) is 136 Å². The number of nitrogens with zero attached hydrogens (tertiary/aromatic N) is 4. The molecule has 0 saturated carbocycles. The number of aromatic nitrogens is 2. The summed E-state index contributed by atoms with van der Waals surface area (Å²) in [6, 6.07) is 30.0. The second-order valence-corrected chi connectivity index (χ2v) is 9.73. The maximum Gasteiger partial charge on any atom is 0.338 e. The summed E-state index contributed by atoms with van der Waals surface area (Å²) in [5.74, 6) is -3.64. The Morgan fingerprint density at radius 2 is 1.22 bits per heavy atom. The summed E-state index contributed by atoms with van der Waals surface area (Å²) >= 11 is 0. The van der Waals surface area contributed by atoms with Gasteiger partial charge in [-0.25, -0.2) is 14.4 Å². The van der Waals surface area contributed by atoms with Gasteiger partial charge in [0.2, 0.25) is 0 Å².